The van der Waals surface area contributed by atoms with Crippen molar-refractivity contribution >= 4 is 23.3 Å². The zero-order chi connectivity index (χ0) is 17.1. The van der Waals surface area contributed by atoms with E-state index in [0.29, 0.717) is 12.6 Å². The first-order chi connectivity index (χ1) is 12.3. The molecule has 0 aliphatic heterocycles. The topological polar surface area (TPSA) is 33.5 Å². The van der Waals surface area contributed by atoms with Gasteiger partial charge in [-0.2, -0.15) is 0 Å². The summed E-state index contributed by atoms with van der Waals surface area (Å²) in [6.07, 6.45) is 7.41. The van der Waals surface area contributed by atoms with Crippen molar-refractivity contribution < 1.29 is 9.21 Å². The Kier molecular flexibility index (Phi) is 4.53. The van der Waals surface area contributed by atoms with Crippen molar-refractivity contribution in [3.05, 3.63) is 77.6 Å². The molecule has 25 heavy (non-hydrogen) atoms. The molecular weight excluding hydrogens is 330 g/mol. The summed E-state index contributed by atoms with van der Waals surface area (Å²) in [5.74, 6) is 0.879. The van der Waals surface area contributed by atoms with E-state index in [1.54, 1.807) is 23.7 Å². The summed E-state index contributed by atoms with van der Waals surface area (Å²) in [5, 5.41) is 0. The first kappa shape index (κ1) is 15.9. The first-order valence-electron chi connectivity index (χ1n) is 8.46. The zero-order valence-electron chi connectivity index (χ0n) is 13.8. The molecule has 126 valence electrons. The van der Waals surface area contributed by atoms with Crippen molar-refractivity contribution in [2.45, 2.75) is 25.4 Å². The lowest BCUT2D eigenvalue weighted by molar-refractivity contribution is -0.127. The Balaban J connectivity index is 1.45. The summed E-state index contributed by atoms with van der Waals surface area (Å²) in [4.78, 5) is 16.8. The minimum atomic E-state index is 0.0496. The third-order valence-electron chi connectivity index (χ3n) is 4.25. The lowest BCUT2D eigenvalue weighted by Gasteiger charge is -2.19. The van der Waals surface area contributed by atoms with Gasteiger partial charge in [0.1, 0.15) is 5.76 Å². The fourth-order valence-corrected chi connectivity index (χ4v) is 3.71. The number of amides is 1. The number of carbonyl (C=O) groups excluding carboxylic acids is 1. The maximum absolute atomic E-state index is 12.6. The number of carbonyl (C=O) groups is 1. The van der Waals surface area contributed by atoms with Gasteiger partial charge in [-0.1, -0.05) is 30.3 Å². The SMILES string of the molecule is O=C(/C=C/c1ccc(-c2ccccc2)s1)N(Cc1ccco1)C1CC1. The van der Waals surface area contributed by atoms with Gasteiger partial charge in [-0.05, 0) is 48.7 Å². The third kappa shape index (κ3) is 3.91. The maximum Gasteiger partial charge on any atom is 0.247 e. The molecule has 0 unspecified atom stereocenters. The molecule has 1 saturated carbocycles. The highest BCUT2D eigenvalue weighted by Crippen LogP contribution is 2.30. The highest BCUT2D eigenvalue weighted by molar-refractivity contribution is 7.16. The molecule has 4 heteroatoms. The highest BCUT2D eigenvalue weighted by Gasteiger charge is 2.32. The van der Waals surface area contributed by atoms with E-state index < -0.39 is 0 Å². The van der Waals surface area contributed by atoms with Crippen LogP contribution in [0.4, 0.5) is 0 Å². The van der Waals surface area contributed by atoms with Crippen LogP contribution in [0, 0.1) is 0 Å². The van der Waals surface area contributed by atoms with Crippen LogP contribution in [0.25, 0.3) is 16.5 Å². The van der Waals surface area contributed by atoms with Gasteiger partial charge in [0.15, 0.2) is 0 Å². The molecule has 0 radical (unpaired) electrons. The molecule has 0 spiro atoms. The van der Waals surface area contributed by atoms with E-state index in [1.165, 1.54) is 10.4 Å². The molecule has 2 heterocycles. The van der Waals surface area contributed by atoms with E-state index in [2.05, 4.69) is 24.3 Å². The van der Waals surface area contributed by atoms with Gasteiger partial charge in [0.2, 0.25) is 5.91 Å². The number of hydrogen-bond donors (Lipinski definition) is 0. The van der Waals surface area contributed by atoms with Crippen LogP contribution in [-0.4, -0.2) is 16.8 Å². The van der Waals surface area contributed by atoms with Crippen LogP contribution in [0.1, 0.15) is 23.5 Å². The van der Waals surface area contributed by atoms with Crippen molar-refractivity contribution in [2.24, 2.45) is 0 Å². The van der Waals surface area contributed by atoms with Crippen molar-refractivity contribution in [3.8, 4) is 10.4 Å². The van der Waals surface area contributed by atoms with Crippen LogP contribution in [-0.2, 0) is 11.3 Å². The first-order valence-corrected chi connectivity index (χ1v) is 9.27. The third-order valence-corrected chi connectivity index (χ3v) is 5.35. The largest absolute Gasteiger partial charge is 0.467 e. The highest BCUT2D eigenvalue weighted by atomic mass is 32.1. The maximum atomic E-state index is 12.6. The van der Waals surface area contributed by atoms with Crippen LogP contribution in [0.5, 0.6) is 0 Å². The van der Waals surface area contributed by atoms with E-state index in [4.69, 9.17) is 4.42 Å². The second-order valence-electron chi connectivity index (χ2n) is 6.18. The van der Waals surface area contributed by atoms with E-state index in [0.717, 1.165) is 23.5 Å². The number of benzene rings is 1. The van der Waals surface area contributed by atoms with Gasteiger partial charge in [0, 0.05) is 21.9 Å². The molecule has 3 nitrogen and oxygen atoms in total. The lowest BCUT2D eigenvalue weighted by Crippen LogP contribution is -2.30. The summed E-state index contributed by atoms with van der Waals surface area (Å²) in [6.45, 7) is 0.542. The number of rotatable bonds is 6. The Morgan fingerprint density at radius 2 is 1.96 bits per heavy atom. The van der Waals surface area contributed by atoms with Gasteiger partial charge in [0.25, 0.3) is 0 Å². The van der Waals surface area contributed by atoms with Crippen molar-refractivity contribution in [3.63, 3.8) is 0 Å². The Labute approximate surface area is 151 Å². The number of furan rings is 1. The van der Waals surface area contributed by atoms with Crippen LogP contribution in [0.3, 0.4) is 0 Å². The zero-order valence-corrected chi connectivity index (χ0v) is 14.6. The Morgan fingerprint density at radius 3 is 2.68 bits per heavy atom. The monoisotopic (exact) mass is 349 g/mol. The second-order valence-corrected chi connectivity index (χ2v) is 7.29. The summed E-state index contributed by atoms with van der Waals surface area (Å²) in [7, 11) is 0. The molecule has 1 aliphatic rings. The van der Waals surface area contributed by atoms with Gasteiger partial charge < -0.3 is 9.32 Å². The molecular formula is C21H19NO2S. The fraction of sp³-hybridized carbons (Fsp3) is 0.190. The molecule has 2 aromatic heterocycles. The standard InChI is InChI=1S/C21H19NO2S/c23-21(22(17-8-9-17)15-18-7-4-14-24-18)13-11-19-10-12-20(25-19)16-5-2-1-3-6-16/h1-7,10-14,17H,8-9,15H2/b13-11+. The Morgan fingerprint density at radius 1 is 1.12 bits per heavy atom. The summed E-state index contributed by atoms with van der Waals surface area (Å²) in [5.41, 5.74) is 1.20. The lowest BCUT2D eigenvalue weighted by atomic mass is 10.2. The minimum absolute atomic E-state index is 0.0496. The predicted octanol–water partition coefficient (Wildman–Crippen LogP) is 5.21. The normalized spacial score (nSPS) is 14.1. The molecule has 1 amide bonds. The Hall–Kier alpha value is -2.59. The number of hydrogen-bond acceptors (Lipinski definition) is 3. The average Bonchev–Trinajstić information content (AvgIpc) is 3.16. The van der Waals surface area contributed by atoms with E-state index >= 15 is 0 Å². The van der Waals surface area contributed by atoms with Crippen LogP contribution in [0.2, 0.25) is 0 Å². The molecule has 0 atom stereocenters. The summed E-state index contributed by atoms with van der Waals surface area (Å²) < 4.78 is 5.39. The predicted molar refractivity (Wildman–Crippen MR) is 101 cm³/mol. The average molecular weight is 349 g/mol. The number of nitrogens with zero attached hydrogens (tertiary/aromatic N) is 1. The molecule has 4 rings (SSSR count). The summed E-state index contributed by atoms with van der Waals surface area (Å²) in [6, 6.07) is 18.6. The molecule has 0 bridgehead atoms. The molecule has 0 saturated heterocycles. The molecule has 0 N–H and O–H groups in total. The Bertz CT molecular complexity index is 860. The van der Waals surface area contributed by atoms with Gasteiger partial charge in [0.05, 0.1) is 12.8 Å². The molecule has 1 aliphatic carbocycles. The minimum Gasteiger partial charge on any atom is -0.467 e. The van der Waals surface area contributed by atoms with E-state index in [-0.39, 0.29) is 5.91 Å². The van der Waals surface area contributed by atoms with Gasteiger partial charge in [-0.15, -0.1) is 11.3 Å². The molecule has 1 fully saturated rings. The quantitative estimate of drug-likeness (QED) is 0.572. The van der Waals surface area contributed by atoms with Crippen LogP contribution in [0.15, 0.2) is 71.4 Å². The van der Waals surface area contributed by atoms with Gasteiger partial charge in [-0.3, -0.25) is 4.79 Å². The smallest absolute Gasteiger partial charge is 0.247 e. The van der Waals surface area contributed by atoms with Crippen LogP contribution < -0.4 is 0 Å². The molecule has 1 aromatic carbocycles. The van der Waals surface area contributed by atoms with E-state index in [1.807, 2.05) is 41.3 Å². The fourth-order valence-electron chi connectivity index (χ4n) is 2.79. The van der Waals surface area contributed by atoms with Crippen molar-refractivity contribution in [1.82, 2.24) is 4.90 Å². The summed E-state index contributed by atoms with van der Waals surface area (Å²) >= 11 is 1.69. The number of thiophene rings is 1. The van der Waals surface area contributed by atoms with E-state index in [9.17, 15) is 4.79 Å². The van der Waals surface area contributed by atoms with Crippen molar-refractivity contribution in [1.29, 1.82) is 0 Å². The van der Waals surface area contributed by atoms with Crippen molar-refractivity contribution in [2.75, 3.05) is 0 Å². The van der Waals surface area contributed by atoms with Crippen LogP contribution >= 0.6 is 11.3 Å². The van der Waals surface area contributed by atoms with Gasteiger partial charge in [-0.25, -0.2) is 0 Å². The molecule has 3 aromatic rings. The van der Waals surface area contributed by atoms with Gasteiger partial charge >= 0.3 is 0 Å². The second kappa shape index (κ2) is 7.11.